The highest BCUT2D eigenvalue weighted by atomic mass is 35.7. The molecule has 0 heterocycles. The highest BCUT2D eigenvalue weighted by molar-refractivity contribution is 8.13. The molecule has 0 aliphatic rings. The summed E-state index contributed by atoms with van der Waals surface area (Å²) in [6.45, 7) is 3.28. The Kier molecular flexibility index (Phi) is 3.06. The van der Waals surface area contributed by atoms with E-state index in [9.17, 15) is 13.2 Å². The Bertz CT molecular complexity index is 522. The lowest BCUT2D eigenvalue weighted by Crippen LogP contribution is -2.14. The fourth-order valence-corrected chi connectivity index (χ4v) is 2.56. The van der Waals surface area contributed by atoms with E-state index in [-0.39, 0.29) is 10.5 Å². The van der Waals surface area contributed by atoms with Gasteiger partial charge in [-0.3, -0.25) is 4.79 Å². The summed E-state index contributed by atoms with van der Waals surface area (Å²) in [5, 5.41) is 0. The number of rotatable bonds is 2. The summed E-state index contributed by atoms with van der Waals surface area (Å²) in [5.41, 5.74) is 6.39. The molecule has 0 saturated carbocycles. The van der Waals surface area contributed by atoms with Crippen molar-refractivity contribution < 1.29 is 13.2 Å². The Morgan fingerprint density at radius 3 is 2.20 bits per heavy atom. The molecule has 0 atom stereocenters. The monoisotopic (exact) mass is 247 g/mol. The average molecular weight is 248 g/mol. The van der Waals surface area contributed by atoms with Gasteiger partial charge in [0.2, 0.25) is 5.91 Å². The predicted molar refractivity (Wildman–Crippen MR) is 57.5 cm³/mol. The Labute approximate surface area is 92.5 Å². The molecule has 82 valence electrons. The predicted octanol–water partition coefficient (Wildman–Crippen LogP) is 1.33. The quantitative estimate of drug-likeness (QED) is 0.801. The number of nitrogens with two attached hydrogens (primary N) is 1. The lowest BCUT2D eigenvalue weighted by Gasteiger charge is -2.07. The zero-order valence-electron chi connectivity index (χ0n) is 8.24. The first-order valence-electron chi connectivity index (χ1n) is 4.09. The van der Waals surface area contributed by atoms with Crippen LogP contribution in [0.4, 0.5) is 0 Å². The van der Waals surface area contributed by atoms with Gasteiger partial charge in [-0.1, -0.05) is 6.07 Å². The van der Waals surface area contributed by atoms with Crippen molar-refractivity contribution in [2.75, 3.05) is 0 Å². The third kappa shape index (κ3) is 2.49. The van der Waals surface area contributed by atoms with Crippen molar-refractivity contribution in [1.29, 1.82) is 0 Å². The van der Waals surface area contributed by atoms with Crippen molar-refractivity contribution in [3.05, 3.63) is 28.8 Å². The highest BCUT2D eigenvalue weighted by Gasteiger charge is 2.17. The summed E-state index contributed by atoms with van der Waals surface area (Å²) in [6, 6.07) is 2.77. The second-order valence-corrected chi connectivity index (χ2v) is 5.77. The zero-order valence-corrected chi connectivity index (χ0v) is 9.82. The van der Waals surface area contributed by atoms with E-state index in [1.54, 1.807) is 19.9 Å². The summed E-state index contributed by atoms with van der Waals surface area (Å²) >= 11 is 0. The number of aryl methyl sites for hydroxylation is 2. The Morgan fingerprint density at radius 1 is 1.27 bits per heavy atom. The molecule has 1 rings (SSSR count). The van der Waals surface area contributed by atoms with Gasteiger partial charge in [-0.25, -0.2) is 8.42 Å². The van der Waals surface area contributed by atoms with E-state index in [4.69, 9.17) is 16.4 Å². The maximum atomic E-state index is 11.2. The molecule has 15 heavy (non-hydrogen) atoms. The summed E-state index contributed by atoms with van der Waals surface area (Å²) in [4.78, 5) is 10.9. The molecule has 0 aliphatic heterocycles. The zero-order chi connectivity index (χ0) is 11.8. The maximum Gasteiger partial charge on any atom is 0.261 e. The molecule has 0 saturated heterocycles. The van der Waals surface area contributed by atoms with Gasteiger partial charge in [0.25, 0.3) is 9.05 Å². The molecular formula is C9H10ClNO3S. The largest absolute Gasteiger partial charge is 0.366 e. The second-order valence-electron chi connectivity index (χ2n) is 3.23. The van der Waals surface area contributed by atoms with Gasteiger partial charge in [-0.15, -0.1) is 0 Å². The molecule has 6 heteroatoms. The fourth-order valence-electron chi connectivity index (χ4n) is 1.36. The van der Waals surface area contributed by atoms with E-state index >= 15 is 0 Å². The van der Waals surface area contributed by atoms with Crippen LogP contribution in [-0.2, 0) is 9.05 Å². The van der Waals surface area contributed by atoms with Crippen molar-refractivity contribution in [1.82, 2.24) is 0 Å². The van der Waals surface area contributed by atoms with Crippen molar-refractivity contribution in [2.45, 2.75) is 18.7 Å². The first-order chi connectivity index (χ1) is 6.73. The van der Waals surface area contributed by atoms with E-state index in [0.29, 0.717) is 11.1 Å². The van der Waals surface area contributed by atoms with E-state index in [2.05, 4.69) is 0 Å². The third-order valence-corrected chi connectivity index (χ3v) is 3.51. The molecule has 1 aromatic carbocycles. The third-order valence-electron chi connectivity index (χ3n) is 2.05. The second kappa shape index (κ2) is 3.83. The van der Waals surface area contributed by atoms with Crippen molar-refractivity contribution in [3.8, 4) is 0 Å². The molecule has 0 fully saturated rings. The lowest BCUT2D eigenvalue weighted by molar-refractivity contribution is 0.0999. The van der Waals surface area contributed by atoms with Crippen LogP contribution in [0.5, 0.6) is 0 Å². The topological polar surface area (TPSA) is 77.2 Å². The molecule has 0 aliphatic carbocycles. The lowest BCUT2D eigenvalue weighted by atomic mass is 10.1. The number of carbonyl (C=O) groups excluding carboxylic acids is 1. The number of halogens is 1. The van der Waals surface area contributed by atoms with Gasteiger partial charge in [0.1, 0.15) is 0 Å². The summed E-state index contributed by atoms with van der Waals surface area (Å²) in [7, 11) is 1.37. The van der Waals surface area contributed by atoms with Gasteiger partial charge in [-0.2, -0.15) is 0 Å². The minimum Gasteiger partial charge on any atom is -0.366 e. The van der Waals surface area contributed by atoms with Crippen molar-refractivity contribution in [2.24, 2.45) is 5.73 Å². The van der Waals surface area contributed by atoms with E-state index in [1.807, 2.05) is 0 Å². The molecule has 0 unspecified atom stereocenters. The number of hydrogen-bond donors (Lipinski definition) is 1. The van der Waals surface area contributed by atoms with E-state index in [0.717, 1.165) is 0 Å². The standard InChI is InChI=1S/C9H10ClNO3S/c1-5-3-6(2)8(15(10,13)14)4-7(5)9(11)12/h3-4H,1-2H3,(H2,11,12). The van der Waals surface area contributed by atoms with Crippen molar-refractivity contribution in [3.63, 3.8) is 0 Å². The van der Waals surface area contributed by atoms with Gasteiger partial charge < -0.3 is 5.73 Å². The van der Waals surface area contributed by atoms with Crippen LogP contribution in [0.25, 0.3) is 0 Å². The van der Waals surface area contributed by atoms with Gasteiger partial charge >= 0.3 is 0 Å². The molecular weight excluding hydrogens is 238 g/mol. The van der Waals surface area contributed by atoms with Crippen LogP contribution in [0.2, 0.25) is 0 Å². The first-order valence-corrected chi connectivity index (χ1v) is 6.40. The van der Waals surface area contributed by atoms with Crippen LogP contribution < -0.4 is 5.73 Å². The normalized spacial score (nSPS) is 11.4. The van der Waals surface area contributed by atoms with Crippen LogP contribution in [0.3, 0.4) is 0 Å². The molecule has 0 aromatic heterocycles. The minimum atomic E-state index is -3.84. The Balaban J connectivity index is 3.58. The SMILES string of the molecule is Cc1cc(C)c(S(=O)(=O)Cl)cc1C(N)=O. The molecule has 0 radical (unpaired) electrons. The van der Waals surface area contributed by atoms with Crippen molar-refractivity contribution >= 4 is 25.6 Å². The molecule has 2 N–H and O–H groups in total. The van der Waals surface area contributed by atoms with E-state index < -0.39 is 15.0 Å². The van der Waals surface area contributed by atoms with Crippen LogP contribution in [0, 0.1) is 13.8 Å². The maximum absolute atomic E-state index is 11.2. The summed E-state index contributed by atoms with van der Waals surface area (Å²) in [5.74, 6) is -0.672. The summed E-state index contributed by atoms with van der Waals surface area (Å²) < 4.78 is 22.3. The minimum absolute atomic E-state index is 0.0800. The van der Waals surface area contributed by atoms with E-state index in [1.165, 1.54) is 6.07 Å². The molecule has 1 aromatic rings. The number of carbonyl (C=O) groups is 1. The van der Waals surface area contributed by atoms with Crippen LogP contribution in [0.1, 0.15) is 21.5 Å². The first kappa shape index (κ1) is 12.0. The molecule has 1 amide bonds. The average Bonchev–Trinajstić information content (AvgIpc) is 2.00. The highest BCUT2D eigenvalue weighted by Crippen LogP contribution is 2.23. The smallest absolute Gasteiger partial charge is 0.261 e. The number of hydrogen-bond acceptors (Lipinski definition) is 3. The van der Waals surface area contributed by atoms with Crippen LogP contribution in [-0.4, -0.2) is 14.3 Å². The molecule has 0 bridgehead atoms. The Hall–Kier alpha value is -1.07. The number of amides is 1. The molecule has 0 spiro atoms. The van der Waals surface area contributed by atoms with Crippen LogP contribution in [0.15, 0.2) is 17.0 Å². The fraction of sp³-hybridized carbons (Fsp3) is 0.222. The summed E-state index contributed by atoms with van der Waals surface area (Å²) in [6.07, 6.45) is 0. The van der Waals surface area contributed by atoms with Crippen LogP contribution >= 0.6 is 10.7 Å². The number of primary amides is 1. The van der Waals surface area contributed by atoms with Gasteiger partial charge in [0, 0.05) is 16.2 Å². The Morgan fingerprint density at radius 2 is 1.80 bits per heavy atom. The van der Waals surface area contributed by atoms with Gasteiger partial charge in [0.05, 0.1) is 4.90 Å². The molecule has 4 nitrogen and oxygen atoms in total. The van der Waals surface area contributed by atoms with Gasteiger partial charge in [-0.05, 0) is 31.0 Å². The number of benzene rings is 1. The van der Waals surface area contributed by atoms with Gasteiger partial charge in [0.15, 0.2) is 0 Å².